The van der Waals surface area contributed by atoms with Gasteiger partial charge in [-0.05, 0) is 36.2 Å². The fourth-order valence-corrected chi connectivity index (χ4v) is 4.49. The largest absolute Gasteiger partial charge is 0.408 e. The Bertz CT molecular complexity index is 1480. The first kappa shape index (κ1) is 25.1. The van der Waals surface area contributed by atoms with Crippen molar-refractivity contribution in [1.82, 2.24) is 24.5 Å². The number of rotatable bonds is 4. The van der Waals surface area contributed by atoms with Crippen LogP contribution in [0.15, 0.2) is 48.7 Å². The number of hydrogen-bond acceptors (Lipinski definition) is 6. The molecule has 1 amide bonds. The van der Waals surface area contributed by atoms with Gasteiger partial charge in [-0.25, -0.2) is 4.98 Å². The second kappa shape index (κ2) is 9.07. The van der Waals surface area contributed by atoms with Gasteiger partial charge in [0, 0.05) is 35.8 Å². The number of halogens is 3. The smallest absolute Gasteiger partial charge is 0.392 e. The maximum atomic E-state index is 14.1. The van der Waals surface area contributed by atoms with Crippen LogP contribution in [0.2, 0.25) is 0 Å². The maximum Gasteiger partial charge on any atom is 0.408 e. The molecule has 37 heavy (non-hydrogen) atoms. The van der Waals surface area contributed by atoms with Crippen LogP contribution in [0.1, 0.15) is 38.8 Å². The van der Waals surface area contributed by atoms with Crippen molar-refractivity contribution in [2.75, 3.05) is 18.4 Å². The van der Waals surface area contributed by atoms with E-state index in [2.05, 4.69) is 20.5 Å². The molecule has 0 aliphatic carbocycles. The average molecular weight is 513 g/mol. The molecule has 0 radical (unpaired) electrons. The Labute approximate surface area is 211 Å². The van der Waals surface area contributed by atoms with Crippen LogP contribution >= 0.6 is 0 Å². The van der Waals surface area contributed by atoms with Crippen LogP contribution in [0.4, 0.5) is 18.9 Å². The van der Waals surface area contributed by atoms with Gasteiger partial charge in [0.1, 0.15) is 11.7 Å². The van der Waals surface area contributed by atoms with E-state index in [4.69, 9.17) is 0 Å². The fraction of sp³-hybridized carbons (Fsp3) is 0.385. The summed E-state index contributed by atoms with van der Waals surface area (Å²) < 4.78 is 43.8. The van der Waals surface area contributed by atoms with E-state index in [0.717, 1.165) is 5.39 Å². The standard InChI is InChI=1S/C26H27F3N6O2/c1-25(2,3)24(37)30-17-7-4-15-5-8-19(31-20(15)12-17)23-33-32-21-9-6-16(13-35(21)23)22(26(27,28)29)34-11-10-18(36)14-34/h4-9,12-13,18,22,36H,10-11,14H2,1-3H3,(H,30,37). The van der Waals surface area contributed by atoms with Crippen molar-refractivity contribution in [2.45, 2.75) is 45.5 Å². The summed E-state index contributed by atoms with van der Waals surface area (Å²) in [6, 6.07) is 9.98. The highest BCUT2D eigenvalue weighted by Gasteiger charge is 2.46. The quantitative estimate of drug-likeness (QED) is 0.415. The van der Waals surface area contributed by atoms with E-state index < -0.39 is 23.7 Å². The van der Waals surface area contributed by atoms with Crippen molar-refractivity contribution in [2.24, 2.45) is 5.41 Å². The van der Waals surface area contributed by atoms with E-state index in [9.17, 15) is 23.1 Å². The number of aliphatic hydroxyl groups is 1. The van der Waals surface area contributed by atoms with E-state index in [0.29, 0.717) is 34.8 Å². The second-order valence-corrected chi connectivity index (χ2v) is 10.4. The lowest BCUT2D eigenvalue weighted by Gasteiger charge is -2.29. The maximum absolute atomic E-state index is 14.1. The number of aromatic nitrogens is 4. The number of amides is 1. The van der Waals surface area contributed by atoms with E-state index in [1.807, 2.05) is 32.9 Å². The van der Waals surface area contributed by atoms with Crippen LogP contribution in [0.25, 0.3) is 28.1 Å². The highest BCUT2D eigenvalue weighted by Crippen LogP contribution is 2.39. The summed E-state index contributed by atoms with van der Waals surface area (Å²) in [5.74, 6) is 0.161. The predicted molar refractivity (Wildman–Crippen MR) is 133 cm³/mol. The van der Waals surface area contributed by atoms with Crippen molar-refractivity contribution in [1.29, 1.82) is 0 Å². The van der Waals surface area contributed by atoms with Crippen LogP contribution in [-0.2, 0) is 4.79 Å². The fourth-order valence-electron chi connectivity index (χ4n) is 4.49. The first-order chi connectivity index (χ1) is 17.4. The van der Waals surface area contributed by atoms with E-state index in [1.54, 1.807) is 18.2 Å². The van der Waals surface area contributed by atoms with Gasteiger partial charge in [0.15, 0.2) is 11.5 Å². The number of nitrogens with one attached hydrogen (secondary N) is 1. The lowest BCUT2D eigenvalue weighted by Crippen LogP contribution is -2.37. The SMILES string of the molecule is CC(C)(C)C(=O)Nc1ccc2ccc(-c3nnc4ccc(C(N5CCC(O)C5)C(F)(F)F)cn34)nc2c1. The van der Waals surface area contributed by atoms with Gasteiger partial charge in [-0.2, -0.15) is 13.2 Å². The molecule has 11 heteroatoms. The molecule has 5 rings (SSSR count). The van der Waals surface area contributed by atoms with Gasteiger partial charge in [-0.15, -0.1) is 10.2 Å². The number of carbonyl (C=O) groups excluding carboxylic acids is 1. The molecule has 3 aromatic heterocycles. The molecule has 2 atom stereocenters. The molecule has 0 bridgehead atoms. The van der Waals surface area contributed by atoms with Gasteiger partial charge in [-0.3, -0.25) is 14.1 Å². The zero-order valence-electron chi connectivity index (χ0n) is 20.6. The first-order valence-electron chi connectivity index (χ1n) is 12.0. The number of nitrogens with zero attached hydrogens (tertiary/aromatic N) is 5. The van der Waals surface area contributed by atoms with Gasteiger partial charge in [0.2, 0.25) is 5.91 Å². The van der Waals surface area contributed by atoms with Gasteiger partial charge >= 0.3 is 6.18 Å². The minimum atomic E-state index is -4.53. The molecule has 2 N–H and O–H groups in total. The molecule has 8 nitrogen and oxygen atoms in total. The molecule has 0 spiro atoms. The van der Waals surface area contributed by atoms with Gasteiger partial charge < -0.3 is 10.4 Å². The normalized spacial score (nSPS) is 18.0. The molecule has 4 aromatic rings. The number of alkyl halides is 3. The number of β-amino-alcohol motifs (C(OH)–C–C–N with tert-alkyl or cyclic N) is 1. The monoisotopic (exact) mass is 512 g/mol. The molecule has 1 saturated heterocycles. The van der Waals surface area contributed by atoms with Crippen molar-refractivity contribution < 1.29 is 23.1 Å². The molecule has 194 valence electrons. The van der Waals surface area contributed by atoms with Crippen molar-refractivity contribution in [3.8, 4) is 11.5 Å². The minimum Gasteiger partial charge on any atom is -0.392 e. The average Bonchev–Trinajstić information content (AvgIpc) is 3.43. The van der Waals surface area contributed by atoms with Gasteiger partial charge in [0.25, 0.3) is 0 Å². The topological polar surface area (TPSA) is 95.7 Å². The number of pyridine rings is 2. The Kier molecular flexibility index (Phi) is 6.15. The van der Waals surface area contributed by atoms with Crippen LogP contribution in [0.3, 0.4) is 0 Å². The number of fused-ring (bicyclic) bond motifs is 2. The van der Waals surface area contributed by atoms with Crippen molar-refractivity contribution in [3.63, 3.8) is 0 Å². The number of benzene rings is 1. The molecular formula is C26H27F3N6O2. The van der Waals surface area contributed by atoms with Crippen LogP contribution in [0, 0.1) is 5.41 Å². The molecular weight excluding hydrogens is 485 g/mol. The lowest BCUT2D eigenvalue weighted by molar-refractivity contribution is -0.184. The van der Waals surface area contributed by atoms with E-state index in [-0.39, 0.29) is 24.6 Å². The molecule has 1 fully saturated rings. The summed E-state index contributed by atoms with van der Waals surface area (Å²) in [5, 5.41) is 21.8. The highest BCUT2D eigenvalue weighted by molar-refractivity contribution is 5.96. The number of hydrogen-bond donors (Lipinski definition) is 2. The summed E-state index contributed by atoms with van der Waals surface area (Å²) in [4.78, 5) is 18.3. The van der Waals surface area contributed by atoms with E-state index in [1.165, 1.54) is 27.6 Å². The Balaban J connectivity index is 1.53. The highest BCUT2D eigenvalue weighted by atomic mass is 19.4. The number of aliphatic hydroxyl groups excluding tert-OH is 1. The first-order valence-corrected chi connectivity index (χ1v) is 12.0. The lowest BCUT2D eigenvalue weighted by atomic mass is 9.95. The Morgan fingerprint density at radius 2 is 1.86 bits per heavy atom. The molecule has 2 unspecified atom stereocenters. The van der Waals surface area contributed by atoms with Crippen LogP contribution < -0.4 is 5.32 Å². The summed E-state index contributed by atoms with van der Waals surface area (Å²) in [6.45, 7) is 5.56. The van der Waals surface area contributed by atoms with Crippen molar-refractivity contribution >= 4 is 28.1 Å². The Morgan fingerprint density at radius 1 is 1.11 bits per heavy atom. The summed E-state index contributed by atoms with van der Waals surface area (Å²) in [6.07, 6.45) is -3.62. The molecule has 1 aliphatic heterocycles. The third-order valence-corrected chi connectivity index (χ3v) is 6.47. The second-order valence-electron chi connectivity index (χ2n) is 10.4. The van der Waals surface area contributed by atoms with E-state index >= 15 is 0 Å². The number of likely N-dealkylation sites (tertiary alicyclic amines) is 1. The third-order valence-electron chi connectivity index (χ3n) is 6.47. The zero-order chi connectivity index (χ0) is 26.5. The molecule has 1 aromatic carbocycles. The Morgan fingerprint density at radius 3 is 2.54 bits per heavy atom. The summed E-state index contributed by atoms with van der Waals surface area (Å²) in [7, 11) is 0. The minimum absolute atomic E-state index is 0.0307. The summed E-state index contributed by atoms with van der Waals surface area (Å²) in [5.41, 5.74) is 1.46. The van der Waals surface area contributed by atoms with Crippen LogP contribution in [-0.4, -0.2) is 60.9 Å². The number of carbonyl (C=O) groups is 1. The number of anilines is 1. The third kappa shape index (κ3) is 5.01. The van der Waals surface area contributed by atoms with Gasteiger partial charge in [-0.1, -0.05) is 39.0 Å². The molecule has 1 aliphatic rings. The van der Waals surface area contributed by atoms with Gasteiger partial charge in [0.05, 0.1) is 11.6 Å². The van der Waals surface area contributed by atoms with Crippen molar-refractivity contribution in [3.05, 3.63) is 54.2 Å². The molecule has 0 saturated carbocycles. The summed E-state index contributed by atoms with van der Waals surface area (Å²) >= 11 is 0. The Hall–Kier alpha value is -3.57. The van der Waals surface area contributed by atoms with Crippen LogP contribution in [0.5, 0.6) is 0 Å². The zero-order valence-corrected chi connectivity index (χ0v) is 20.6. The predicted octanol–water partition coefficient (Wildman–Crippen LogP) is 4.60. The molecule has 4 heterocycles.